The summed E-state index contributed by atoms with van der Waals surface area (Å²) in [5, 5.41) is 12.8. The Morgan fingerprint density at radius 2 is 2.00 bits per heavy atom. The Morgan fingerprint density at radius 3 is 2.83 bits per heavy atom. The largest absolute Gasteiger partial charge is 0.463 e. The van der Waals surface area contributed by atoms with Gasteiger partial charge in [0.2, 0.25) is 0 Å². The average Bonchev–Trinajstić information content (AvgIpc) is 3.60. The van der Waals surface area contributed by atoms with Crippen LogP contribution in [0.2, 0.25) is 0 Å². The number of rotatable bonds is 4. The molecule has 0 radical (unpaired) electrons. The predicted molar refractivity (Wildman–Crippen MR) is 128 cm³/mol. The first-order valence-corrected chi connectivity index (χ1v) is 10.7. The Labute approximate surface area is 197 Å². The quantitative estimate of drug-likeness (QED) is 0.407. The van der Waals surface area contributed by atoms with Crippen molar-refractivity contribution in [1.29, 1.82) is 0 Å². The number of carbonyl (C=O) groups excluding carboxylic acids is 1. The number of nitrogens with zero attached hydrogens (tertiary/aromatic N) is 6. The molecule has 0 aliphatic carbocycles. The minimum Gasteiger partial charge on any atom is -0.463 e. The molecule has 0 aliphatic heterocycles. The van der Waals surface area contributed by atoms with E-state index in [2.05, 4.69) is 30.5 Å². The standard InChI is InChI=1S/C24H18N8O3/c1-13-20-14(10-17(19-8-5-9-35-19)28-22(20)31(2)30-13)24(34)29-16-6-3-4-7-18(16)32-21-15(11-27-32)23(33)26-12-25-21/h3-12H,1-2H3,(H,29,34)(H,25,26,33). The molecule has 1 aromatic carbocycles. The third-order valence-corrected chi connectivity index (χ3v) is 5.74. The van der Waals surface area contributed by atoms with Crippen LogP contribution in [-0.4, -0.2) is 40.4 Å². The summed E-state index contributed by atoms with van der Waals surface area (Å²) in [7, 11) is 1.78. The molecular weight excluding hydrogens is 448 g/mol. The molecule has 0 atom stereocenters. The van der Waals surface area contributed by atoms with Gasteiger partial charge < -0.3 is 14.7 Å². The number of fused-ring (bicyclic) bond motifs is 2. The van der Waals surface area contributed by atoms with Crippen molar-refractivity contribution in [2.75, 3.05) is 5.32 Å². The van der Waals surface area contributed by atoms with Gasteiger partial charge in [0.25, 0.3) is 11.5 Å². The van der Waals surface area contributed by atoms with Crippen LogP contribution in [0.4, 0.5) is 5.69 Å². The number of H-pyrrole nitrogens is 1. The summed E-state index contributed by atoms with van der Waals surface area (Å²) in [5.74, 6) is 0.190. The van der Waals surface area contributed by atoms with Crippen molar-refractivity contribution in [2.24, 2.45) is 7.05 Å². The van der Waals surface area contributed by atoms with Crippen LogP contribution in [0.15, 0.2) is 70.5 Å². The monoisotopic (exact) mass is 466 g/mol. The van der Waals surface area contributed by atoms with E-state index in [1.807, 2.05) is 13.0 Å². The Balaban J connectivity index is 1.47. The van der Waals surface area contributed by atoms with Gasteiger partial charge in [-0.25, -0.2) is 14.6 Å². The van der Waals surface area contributed by atoms with Gasteiger partial charge in [-0.2, -0.15) is 10.2 Å². The van der Waals surface area contributed by atoms with Crippen molar-refractivity contribution in [3.8, 4) is 17.1 Å². The van der Waals surface area contributed by atoms with Crippen LogP contribution >= 0.6 is 0 Å². The van der Waals surface area contributed by atoms with Gasteiger partial charge in [0.15, 0.2) is 17.1 Å². The fourth-order valence-corrected chi connectivity index (χ4v) is 4.16. The molecule has 11 nitrogen and oxygen atoms in total. The molecule has 0 spiro atoms. The van der Waals surface area contributed by atoms with E-state index < -0.39 is 0 Å². The normalized spacial score (nSPS) is 11.4. The van der Waals surface area contributed by atoms with Crippen LogP contribution in [0.1, 0.15) is 16.1 Å². The zero-order valence-electron chi connectivity index (χ0n) is 18.7. The van der Waals surface area contributed by atoms with Gasteiger partial charge in [-0.05, 0) is 37.3 Å². The van der Waals surface area contributed by atoms with Gasteiger partial charge in [-0.1, -0.05) is 12.1 Å². The number of pyridine rings is 1. The summed E-state index contributed by atoms with van der Waals surface area (Å²) >= 11 is 0. The van der Waals surface area contributed by atoms with Crippen LogP contribution in [0, 0.1) is 6.92 Å². The van der Waals surface area contributed by atoms with Crippen molar-refractivity contribution in [1.82, 2.24) is 34.5 Å². The molecule has 0 fully saturated rings. The Kier molecular flexibility index (Phi) is 4.56. The lowest BCUT2D eigenvalue weighted by Crippen LogP contribution is -2.15. The highest BCUT2D eigenvalue weighted by Crippen LogP contribution is 2.29. The van der Waals surface area contributed by atoms with Crippen LogP contribution < -0.4 is 10.9 Å². The highest BCUT2D eigenvalue weighted by molar-refractivity contribution is 6.13. The van der Waals surface area contributed by atoms with Gasteiger partial charge in [0, 0.05) is 7.05 Å². The fraction of sp³-hybridized carbons (Fsp3) is 0.0833. The van der Waals surface area contributed by atoms with E-state index in [1.54, 1.807) is 54.4 Å². The van der Waals surface area contributed by atoms with E-state index in [4.69, 9.17) is 4.42 Å². The number of para-hydroxylation sites is 2. The van der Waals surface area contributed by atoms with Gasteiger partial charge >= 0.3 is 0 Å². The van der Waals surface area contributed by atoms with E-state index in [1.165, 1.54) is 17.2 Å². The highest BCUT2D eigenvalue weighted by Gasteiger charge is 2.21. The molecule has 0 aliphatic rings. The minimum absolute atomic E-state index is 0.292. The maximum atomic E-state index is 13.6. The molecule has 0 unspecified atom stereocenters. The molecule has 0 bridgehead atoms. The summed E-state index contributed by atoms with van der Waals surface area (Å²) in [4.78, 5) is 37.2. The summed E-state index contributed by atoms with van der Waals surface area (Å²) in [5.41, 5.74) is 3.32. The third-order valence-electron chi connectivity index (χ3n) is 5.74. The second kappa shape index (κ2) is 7.76. The number of aromatic nitrogens is 7. The van der Waals surface area contributed by atoms with Crippen molar-refractivity contribution < 1.29 is 9.21 Å². The SMILES string of the molecule is Cc1nn(C)c2nc(-c3ccco3)cc(C(=O)Nc3ccccc3-n3ncc4c(=O)[nH]cnc43)c12. The maximum absolute atomic E-state index is 13.6. The molecule has 6 rings (SSSR count). The lowest BCUT2D eigenvalue weighted by atomic mass is 10.1. The second-order valence-electron chi connectivity index (χ2n) is 7.94. The van der Waals surface area contributed by atoms with Crippen LogP contribution in [0.3, 0.4) is 0 Å². The first-order chi connectivity index (χ1) is 17.0. The molecule has 172 valence electrons. The first-order valence-electron chi connectivity index (χ1n) is 10.7. The number of amides is 1. The summed E-state index contributed by atoms with van der Waals surface area (Å²) < 4.78 is 8.68. The smallest absolute Gasteiger partial charge is 0.261 e. The molecule has 0 saturated carbocycles. The molecular formula is C24H18N8O3. The van der Waals surface area contributed by atoms with Crippen molar-refractivity contribution >= 4 is 33.7 Å². The zero-order valence-corrected chi connectivity index (χ0v) is 18.7. The molecule has 6 aromatic rings. The number of aryl methyl sites for hydroxylation is 2. The van der Waals surface area contributed by atoms with Crippen molar-refractivity contribution in [3.05, 3.63) is 82.9 Å². The Bertz CT molecular complexity index is 1790. The third kappa shape index (κ3) is 3.29. The number of aromatic amines is 1. The second-order valence-corrected chi connectivity index (χ2v) is 7.94. The van der Waals surface area contributed by atoms with E-state index >= 15 is 0 Å². The predicted octanol–water partition coefficient (Wildman–Crippen LogP) is 3.21. The first kappa shape index (κ1) is 20.5. The van der Waals surface area contributed by atoms with Crippen LogP contribution in [0.5, 0.6) is 0 Å². The van der Waals surface area contributed by atoms with E-state index in [0.29, 0.717) is 56.2 Å². The summed E-state index contributed by atoms with van der Waals surface area (Å²) in [6, 6.07) is 12.4. The molecule has 35 heavy (non-hydrogen) atoms. The summed E-state index contributed by atoms with van der Waals surface area (Å²) in [6.45, 7) is 1.83. The van der Waals surface area contributed by atoms with Crippen molar-refractivity contribution in [3.63, 3.8) is 0 Å². The molecule has 11 heteroatoms. The Morgan fingerprint density at radius 1 is 1.14 bits per heavy atom. The van der Waals surface area contributed by atoms with Crippen LogP contribution in [-0.2, 0) is 7.05 Å². The lowest BCUT2D eigenvalue weighted by molar-refractivity contribution is 0.102. The molecule has 1 amide bonds. The maximum Gasteiger partial charge on any atom is 0.261 e. The number of hydrogen-bond donors (Lipinski definition) is 2. The number of hydrogen-bond acceptors (Lipinski definition) is 7. The zero-order chi connectivity index (χ0) is 24.1. The number of carbonyl (C=O) groups is 1. The van der Waals surface area contributed by atoms with Crippen molar-refractivity contribution in [2.45, 2.75) is 6.92 Å². The molecule has 5 heterocycles. The number of benzene rings is 1. The van der Waals surface area contributed by atoms with Gasteiger partial charge in [-0.15, -0.1) is 0 Å². The fourth-order valence-electron chi connectivity index (χ4n) is 4.16. The van der Waals surface area contributed by atoms with Crippen LogP contribution in [0.25, 0.3) is 39.2 Å². The molecule has 5 aromatic heterocycles. The average molecular weight is 466 g/mol. The van der Waals surface area contributed by atoms with Gasteiger partial charge in [0.1, 0.15) is 11.1 Å². The Hall–Kier alpha value is -5.06. The highest BCUT2D eigenvalue weighted by atomic mass is 16.3. The van der Waals surface area contributed by atoms with Gasteiger partial charge in [-0.3, -0.25) is 14.3 Å². The lowest BCUT2D eigenvalue weighted by Gasteiger charge is -2.13. The number of furan rings is 1. The topological polar surface area (TPSA) is 137 Å². The van der Waals surface area contributed by atoms with E-state index in [0.717, 1.165) is 0 Å². The molecule has 2 N–H and O–H groups in total. The number of anilines is 1. The van der Waals surface area contributed by atoms with Gasteiger partial charge in [0.05, 0.1) is 46.8 Å². The summed E-state index contributed by atoms with van der Waals surface area (Å²) in [6.07, 6.45) is 4.32. The molecule has 0 saturated heterocycles. The van der Waals surface area contributed by atoms with E-state index in [-0.39, 0.29) is 11.5 Å². The number of nitrogens with one attached hydrogen (secondary N) is 2. The van der Waals surface area contributed by atoms with E-state index in [9.17, 15) is 9.59 Å². The minimum atomic E-state index is -0.351.